The van der Waals surface area contributed by atoms with Crippen LogP contribution in [-0.4, -0.2) is 19.7 Å². The second kappa shape index (κ2) is 5.84. The smallest absolute Gasteiger partial charge is 0.269 e. The largest absolute Gasteiger partial charge is 0.444 e. The van der Waals surface area contributed by atoms with E-state index in [0.29, 0.717) is 17.1 Å². The summed E-state index contributed by atoms with van der Waals surface area (Å²) in [6.07, 6.45) is 1.44. The molecule has 0 saturated heterocycles. The Bertz CT molecular complexity index is 912. The molecule has 0 amide bonds. The molecular formula is C15H12N4O4. The van der Waals surface area contributed by atoms with Gasteiger partial charge in [-0.05, 0) is 25.1 Å². The van der Waals surface area contributed by atoms with E-state index in [9.17, 15) is 14.9 Å². The first kappa shape index (κ1) is 14.6. The molecule has 0 aliphatic rings. The average Bonchev–Trinajstić information content (AvgIpc) is 2.99. The molecule has 0 atom stereocenters. The molecule has 1 aromatic carbocycles. The molecule has 0 radical (unpaired) electrons. The van der Waals surface area contributed by atoms with Gasteiger partial charge in [-0.3, -0.25) is 14.9 Å². The Balaban J connectivity index is 1.84. The van der Waals surface area contributed by atoms with Crippen molar-refractivity contribution < 1.29 is 9.34 Å². The summed E-state index contributed by atoms with van der Waals surface area (Å²) in [5, 5.41) is 14.8. The Morgan fingerprint density at radius 1 is 1.22 bits per heavy atom. The molecule has 0 saturated carbocycles. The van der Waals surface area contributed by atoms with Crippen LogP contribution in [0, 0.1) is 17.0 Å². The minimum Gasteiger partial charge on any atom is -0.444 e. The van der Waals surface area contributed by atoms with Crippen LogP contribution >= 0.6 is 0 Å². The van der Waals surface area contributed by atoms with Crippen molar-refractivity contribution in [3.8, 4) is 11.5 Å². The minimum absolute atomic E-state index is 0.00366. The first-order valence-corrected chi connectivity index (χ1v) is 6.77. The molecule has 8 nitrogen and oxygen atoms in total. The maximum absolute atomic E-state index is 11.7. The molecule has 23 heavy (non-hydrogen) atoms. The normalized spacial score (nSPS) is 10.7. The number of hydrogen-bond donors (Lipinski definition) is 0. The standard InChI is InChI=1S/C15H12N4O4/c1-10-2-7-14(20)18(17-10)8-12-9-23-15(16-12)11-3-5-13(6-4-11)19(21)22/h2-7,9H,8H2,1H3. The Labute approximate surface area is 130 Å². The molecule has 2 heterocycles. The van der Waals surface area contributed by atoms with E-state index < -0.39 is 4.92 Å². The van der Waals surface area contributed by atoms with Crippen molar-refractivity contribution in [2.75, 3.05) is 0 Å². The summed E-state index contributed by atoms with van der Waals surface area (Å²) in [5.74, 6) is 0.329. The van der Waals surface area contributed by atoms with Crippen LogP contribution in [0.3, 0.4) is 0 Å². The lowest BCUT2D eigenvalue weighted by molar-refractivity contribution is -0.384. The summed E-state index contributed by atoms with van der Waals surface area (Å²) >= 11 is 0. The number of aryl methyl sites for hydroxylation is 1. The van der Waals surface area contributed by atoms with E-state index in [0.717, 1.165) is 5.69 Å². The van der Waals surface area contributed by atoms with Crippen LogP contribution in [0.15, 0.2) is 51.9 Å². The van der Waals surface area contributed by atoms with E-state index in [-0.39, 0.29) is 17.8 Å². The summed E-state index contributed by atoms with van der Waals surface area (Å²) in [4.78, 5) is 26.2. The Morgan fingerprint density at radius 2 is 1.96 bits per heavy atom. The van der Waals surface area contributed by atoms with Gasteiger partial charge >= 0.3 is 0 Å². The second-order valence-electron chi connectivity index (χ2n) is 4.92. The highest BCUT2D eigenvalue weighted by Gasteiger charge is 2.11. The second-order valence-corrected chi connectivity index (χ2v) is 4.92. The molecule has 0 aliphatic heterocycles. The van der Waals surface area contributed by atoms with Crippen LogP contribution in [0.4, 0.5) is 5.69 Å². The van der Waals surface area contributed by atoms with Gasteiger partial charge in [0.05, 0.1) is 17.2 Å². The zero-order valence-corrected chi connectivity index (χ0v) is 12.2. The fourth-order valence-corrected chi connectivity index (χ4v) is 2.06. The molecule has 0 bridgehead atoms. The maximum Gasteiger partial charge on any atom is 0.269 e. The van der Waals surface area contributed by atoms with Gasteiger partial charge in [-0.25, -0.2) is 9.67 Å². The number of rotatable bonds is 4. The first-order chi connectivity index (χ1) is 11.0. The zero-order valence-electron chi connectivity index (χ0n) is 12.2. The van der Waals surface area contributed by atoms with E-state index in [4.69, 9.17) is 4.42 Å². The number of aromatic nitrogens is 3. The first-order valence-electron chi connectivity index (χ1n) is 6.77. The molecule has 0 spiro atoms. The Hall–Kier alpha value is -3.29. The molecule has 0 N–H and O–H groups in total. The van der Waals surface area contributed by atoms with E-state index in [2.05, 4.69) is 10.1 Å². The van der Waals surface area contributed by atoms with Crippen molar-refractivity contribution in [2.45, 2.75) is 13.5 Å². The SMILES string of the molecule is Cc1ccc(=O)n(Cc2coc(-c3ccc([N+](=O)[O-])cc3)n2)n1. The third-order valence-electron chi connectivity index (χ3n) is 3.19. The van der Waals surface area contributed by atoms with Gasteiger partial charge in [0.1, 0.15) is 12.0 Å². The molecule has 116 valence electrons. The molecule has 2 aromatic heterocycles. The van der Waals surface area contributed by atoms with E-state index in [1.807, 2.05) is 0 Å². The number of hydrogen-bond acceptors (Lipinski definition) is 6. The third-order valence-corrected chi connectivity index (χ3v) is 3.19. The predicted octanol–water partition coefficient (Wildman–Crippen LogP) is 2.16. The van der Waals surface area contributed by atoms with Gasteiger partial charge in [0.15, 0.2) is 0 Å². The summed E-state index contributed by atoms with van der Waals surface area (Å²) in [5.41, 5.74) is 1.65. The number of nitro groups is 1. The lowest BCUT2D eigenvalue weighted by Crippen LogP contribution is -2.23. The number of nitro benzene ring substituents is 1. The molecule has 3 aromatic rings. The number of benzene rings is 1. The fourth-order valence-electron chi connectivity index (χ4n) is 2.06. The van der Waals surface area contributed by atoms with Gasteiger partial charge in [-0.1, -0.05) is 0 Å². The summed E-state index contributed by atoms with van der Waals surface area (Å²) in [6.45, 7) is 1.98. The van der Waals surface area contributed by atoms with Crippen LogP contribution in [0.5, 0.6) is 0 Å². The summed E-state index contributed by atoms with van der Waals surface area (Å²) in [6, 6.07) is 8.97. The van der Waals surface area contributed by atoms with Gasteiger partial charge < -0.3 is 4.42 Å². The lowest BCUT2D eigenvalue weighted by Gasteiger charge is -2.01. The average molecular weight is 312 g/mol. The monoisotopic (exact) mass is 312 g/mol. The van der Waals surface area contributed by atoms with Gasteiger partial charge in [0, 0.05) is 23.8 Å². The number of nitrogens with zero attached hydrogens (tertiary/aromatic N) is 4. The highest BCUT2D eigenvalue weighted by molar-refractivity contribution is 5.55. The number of oxazole rings is 1. The van der Waals surface area contributed by atoms with Crippen molar-refractivity contribution in [2.24, 2.45) is 0 Å². The van der Waals surface area contributed by atoms with Crippen molar-refractivity contribution in [3.05, 3.63) is 74.5 Å². The minimum atomic E-state index is -0.472. The zero-order chi connectivity index (χ0) is 16.4. The van der Waals surface area contributed by atoms with E-state index in [1.54, 1.807) is 25.1 Å². The van der Waals surface area contributed by atoms with Crippen LogP contribution in [0.1, 0.15) is 11.4 Å². The molecule has 0 unspecified atom stereocenters. The molecule has 0 fully saturated rings. The lowest BCUT2D eigenvalue weighted by atomic mass is 10.2. The Kier molecular flexibility index (Phi) is 3.71. The topological polar surface area (TPSA) is 104 Å². The maximum atomic E-state index is 11.7. The van der Waals surface area contributed by atoms with Crippen LogP contribution in [0.25, 0.3) is 11.5 Å². The van der Waals surface area contributed by atoms with Gasteiger partial charge in [-0.2, -0.15) is 5.10 Å². The van der Waals surface area contributed by atoms with Crippen molar-refractivity contribution >= 4 is 5.69 Å². The van der Waals surface area contributed by atoms with Crippen LogP contribution in [0.2, 0.25) is 0 Å². The molecule has 3 rings (SSSR count). The molecule has 8 heteroatoms. The van der Waals surface area contributed by atoms with Gasteiger partial charge in [0.25, 0.3) is 11.2 Å². The highest BCUT2D eigenvalue weighted by atomic mass is 16.6. The summed E-state index contributed by atoms with van der Waals surface area (Å²) in [7, 11) is 0. The van der Waals surface area contributed by atoms with Crippen molar-refractivity contribution in [3.63, 3.8) is 0 Å². The third kappa shape index (κ3) is 3.15. The van der Waals surface area contributed by atoms with Crippen LogP contribution < -0.4 is 5.56 Å². The van der Waals surface area contributed by atoms with Crippen LogP contribution in [-0.2, 0) is 6.54 Å². The predicted molar refractivity (Wildman–Crippen MR) is 80.9 cm³/mol. The quantitative estimate of drug-likeness (QED) is 0.540. The van der Waals surface area contributed by atoms with E-state index in [1.165, 1.54) is 29.1 Å². The number of non-ortho nitro benzene ring substituents is 1. The van der Waals surface area contributed by atoms with Gasteiger partial charge in [0.2, 0.25) is 5.89 Å². The summed E-state index contributed by atoms with van der Waals surface area (Å²) < 4.78 is 6.67. The van der Waals surface area contributed by atoms with Crippen molar-refractivity contribution in [1.82, 2.24) is 14.8 Å². The highest BCUT2D eigenvalue weighted by Crippen LogP contribution is 2.21. The van der Waals surface area contributed by atoms with Crippen molar-refractivity contribution in [1.29, 1.82) is 0 Å². The molecular weight excluding hydrogens is 300 g/mol. The Morgan fingerprint density at radius 3 is 2.65 bits per heavy atom. The fraction of sp³-hybridized carbons (Fsp3) is 0.133. The van der Waals surface area contributed by atoms with Gasteiger partial charge in [-0.15, -0.1) is 0 Å². The van der Waals surface area contributed by atoms with E-state index >= 15 is 0 Å². The molecule has 0 aliphatic carbocycles.